The van der Waals surface area contributed by atoms with Crippen molar-refractivity contribution in [2.75, 3.05) is 26.9 Å². The number of ketones is 1. The van der Waals surface area contributed by atoms with E-state index in [4.69, 9.17) is 14.2 Å². The summed E-state index contributed by atoms with van der Waals surface area (Å²) >= 11 is 0. The topological polar surface area (TPSA) is 132 Å². The first-order valence-corrected chi connectivity index (χ1v) is 20.1. The summed E-state index contributed by atoms with van der Waals surface area (Å²) in [5, 5.41) is 0.665. The minimum Gasteiger partial charge on any atom is -0.496 e. The van der Waals surface area contributed by atoms with Crippen molar-refractivity contribution in [1.29, 1.82) is 0 Å². The number of nitrogens with zero attached hydrogens (tertiary/aromatic N) is 2. The predicted molar refractivity (Wildman–Crippen MR) is 187 cm³/mol. The Morgan fingerprint density at radius 3 is 2.67 bits per heavy atom. The molecule has 2 aromatic rings. The molecule has 3 unspecified atom stereocenters. The molecular formula is C38H51N2O8P. The Hall–Kier alpha value is -3.23. The second-order valence-electron chi connectivity index (χ2n) is 15.0. The van der Waals surface area contributed by atoms with Gasteiger partial charge in [0.15, 0.2) is 5.78 Å². The summed E-state index contributed by atoms with van der Waals surface area (Å²) in [4.78, 5) is 59.2. The number of aromatic nitrogens is 1. The first-order valence-electron chi connectivity index (χ1n) is 18.0. The summed E-state index contributed by atoms with van der Waals surface area (Å²) in [5.41, 5.74) is 1.02. The molecule has 4 aliphatic rings. The van der Waals surface area contributed by atoms with Crippen molar-refractivity contribution in [2.45, 2.75) is 101 Å². The van der Waals surface area contributed by atoms with E-state index < -0.39 is 36.6 Å². The molecule has 2 aliphatic heterocycles. The van der Waals surface area contributed by atoms with Crippen molar-refractivity contribution in [3.05, 3.63) is 42.6 Å². The molecule has 2 aliphatic carbocycles. The van der Waals surface area contributed by atoms with Gasteiger partial charge >= 0.3 is 5.97 Å². The Morgan fingerprint density at radius 1 is 1.20 bits per heavy atom. The highest BCUT2D eigenvalue weighted by Gasteiger charge is 2.63. The molecule has 0 spiro atoms. The number of aryl methyl sites for hydroxylation is 1. The zero-order valence-electron chi connectivity index (χ0n) is 29.1. The number of allylic oxidation sites excluding steroid dienone is 1. The molecule has 3 heterocycles. The minimum atomic E-state index is -3.66. The molecule has 1 aromatic carbocycles. The maximum Gasteiger partial charge on any atom is 0.306 e. The number of carbonyl (C=O) groups is 3. The SMILES string of the molecule is C=CC1CC1(CC(=O)[C@@H]1C[C@@H]2CN1C(=O)[C@H](C1CCCCC1)CC(=O)OC[C@@H](C)CCCc1cc3c(nccc3cc1OC)O2)P(C)(=O)O. The highest BCUT2D eigenvalue weighted by atomic mass is 31.2. The highest BCUT2D eigenvalue weighted by Crippen LogP contribution is 2.71. The lowest BCUT2D eigenvalue weighted by Gasteiger charge is -2.34. The number of hydrogen-bond acceptors (Lipinski definition) is 8. The van der Waals surface area contributed by atoms with E-state index in [0.717, 1.165) is 73.5 Å². The zero-order chi connectivity index (χ0) is 34.9. The van der Waals surface area contributed by atoms with E-state index in [9.17, 15) is 23.8 Å². The molecule has 2 saturated carbocycles. The van der Waals surface area contributed by atoms with Gasteiger partial charge in [0, 0.05) is 31.1 Å². The summed E-state index contributed by atoms with van der Waals surface area (Å²) in [6.45, 7) is 7.63. The maximum atomic E-state index is 14.7. The minimum absolute atomic E-state index is 0.00824. The molecule has 49 heavy (non-hydrogen) atoms. The second-order valence-corrected chi connectivity index (χ2v) is 17.7. The average Bonchev–Trinajstić information content (AvgIpc) is 3.66. The van der Waals surface area contributed by atoms with Crippen molar-refractivity contribution in [3.63, 3.8) is 0 Å². The number of benzene rings is 1. The van der Waals surface area contributed by atoms with Crippen molar-refractivity contribution >= 4 is 35.8 Å². The summed E-state index contributed by atoms with van der Waals surface area (Å²) in [7, 11) is -2.00. The van der Waals surface area contributed by atoms with Crippen LogP contribution in [0.4, 0.5) is 0 Å². The van der Waals surface area contributed by atoms with Crippen LogP contribution in [-0.4, -0.2) is 76.7 Å². The average molecular weight is 695 g/mol. The van der Waals surface area contributed by atoms with Gasteiger partial charge in [0.2, 0.25) is 19.2 Å². The number of methoxy groups -OCH3 is 1. The van der Waals surface area contributed by atoms with E-state index in [1.807, 2.05) is 12.1 Å². The molecule has 3 fully saturated rings. The van der Waals surface area contributed by atoms with E-state index in [2.05, 4.69) is 24.6 Å². The van der Waals surface area contributed by atoms with Gasteiger partial charge in [-0.15, -0.1) is 6.58 Å². The lowest BCUT2D eigenvalue weighted by Crippen LogP contribution is -2.47. The summed E-state index contributed by atoms with van der Waals surface area (Å²) in [5.74, 6) is -0.411. The van der Waals surface area contributed by atoms with Crippen LogP contribution in [0.1, 0.15) is 83.1 Å². The van der Waals surface area contributed by atoms with Crippen molar-refractivity contribution < 1.29 is 38.1 Å². The van der Waals surface area contributed by atoms with Crippen LogP contribution in [0.5, 0.6) is 11.6 Å². The summed E-state index contributed by atoms with van der Waals surface area (Å²) in [6, 6.07) is 5.08. The molecule has 10 nitrogen and oxygen atoms in total. The van der Waals surface area contributed by atoms with Gasteiger partial charge in [-0.1, -0.05) is 32.3 Å². The molecule has 6 rings (SSSR count). The Balaban J connectivity index is 1.37. The number of rotatable bonds is 7. The Labute approximate surface area is 289 Å². The second kappa shape index (κ2) is 14.6. The molecule has 0 radical (unpaired) electrons. The molecule has 266 valence electrons. The number of Topliss-reactive ketones (excluding diaryl/α,β-unsaturated/α-hetero) is 1. The van der Waals surface area contributed by atoms with Crippen molar-refractivity contribution in [2.24, 2.45) is 23.7 Å². The lowest BCUT2D eigenvalue weighted by molar-refractivity contribution is -0.152. The molecule has 1 aromatic heterocycles. The van der Waals surface area contributed by atoms with E-state index in [-0.39, 0.29) is 61.9 Å². The normalized spacial score (nSPS) is 31.3. The first-order chi connectivity index (χ1) is 23.4. The van der Waals surface area contributed by atoms with Crippen LogP contribution in [0.15, 0.2) is 37.1 Å². The van der Waals surface area contributed by atoms with E-state index in [1.165, 1.54) is 6.66 Å². The van der Waals surface area contributed by atoms with Gasteiger partial charge in [0.05, 0.1) is 43.8 Å². The molecule has 4 bridgehead atoms. The van der Waals surface area contributed by atoms with Crippen molar-refractivity contribution in [1.82, 2.24) is 9.88 Å². The van der Waals surface area contributed by atoms with Gasteiger partial charge in [-0.25, -0.2) is 4.98 Å². The Kier molecular flexibility index (Phi) is 10.6. The smallest absolute Gasteiger partial charge is 0.306 e. The number of cyclic esters (lactones) is 1. The quantitative estimate of drug-likeness (QED) is 0.196. The fraction of sp³-hybridized carbons (Fsp3) is 0.632. The molecule has 1 amide bonds. The molecule has 11 heteroatoms. The van der Waals surface area contributed by atoms with E-state index in [0.29, 0.717) is 12.3 Å². The number of fused-ring (bicyclic) bond motifs is 3. The summed E-state index contributed by atoms with van der Waals surface area (Å²) < 4.78 is 31.2. The number of carbonyl (C=O) groups excluding carboxylic acids is 3. The number of esters is 1. The number of pyridine rings is 1. The van der Waals surface area contributed by atoms with Crippen LogP contribution in [0, 0.1) is 23.7 Å². The van der Waals surface area contributed by atoms with Gasteiger partial charge in [0.1, 0.15) is 11.9 Å². The fourth-order valence-electron chi connectivity index (χ4n) is 8.56. The number of hydrogen-bond donors (Lipinski definition) is 1. The van der Waals surface area contributed by atoms with Crippen LogP contribution in [-0.2, 0) is 30.1 Å². The summed E-state index contributed by atoms with van der Waals surface area (Å²) in [6.07, 6.45) is 10.5. The predicted octanol–water partition coefficient (Wildman–Crippen LogP) is 6.50. The van der Waals surface area contributed by atoms with Crippen LogP contribution >= 0.6 is 7.37 Å². The van der Waals surface area contributed by atoms with Gasteiger partial charge < -0.3 is 24.0 Å². The third kappa shape index (κ3) is 7.46. The molecule has 1 saturated heterocycles. The van der Waals surface area contributed by atoms with Crippen LogP contribution in [0.25, 0.3) is 10.8 Å². The van der Waals surface area contributed by atoms with Gasteiger partial charge in [0.25, 0.3) is 0 Å². The van der Waals surface area contributed by atoms with Crippen LogP contribution in [0.3, 0.4) is 0 Å². The Bertz CT molecular complexity index is 1630. The number of ether oxygens (including phenoxy) is 3. The van der Waals surface area contributed by atoms with Gasteiger partial charge in [-0.3, -0.25) is 18.9 Å². The third-order valence-corrected chi connectivity index (χ3v) is 13.9. The molecule has 1 N–H and O–H groups in total. The van der Waals surface area contributed by atoms with Crippen LogP contribution < -0.4 is 9.47 Å². The monoisotopic (exact) mass is 694 g/mol. The molecule has 7 atom stereocenters. The number of amides is 1. The zero-order valence-corrected chi connectivity index (χ0v) is 30.0. The van der Waals surface area contributed by atoms with E-state index >= 15 is 0 Å². The molecular weight excluding hydrogens is 643 g/mol. The largest absolute Gasteiger partial charge is 0.496 e. The van der Waals surface area contributed by atoms with Gasteiger partial charge in [-0.05, 0) is 85.4 Å². The fourth-order valence-corrected chi connectivity index (χ4v) is 10.3. The highest BCUT2D eigenvalue weighted by molar-refractivity contribution is 7.59. The van der Waals surface area contributed by atoms with Crippen molar-refractivity contribution in [3.8, 4) is 11.6 Å². The maximum absolute atomic E-state index is 14.7. The third-order valence-electron chi connectivity index (χ3n) is 11.6. The Morgan fingerprint density at radius 2 is 1.98 bits per heavy atom. The standard InChI is InChI=1S/C38H51N2O8P/c1-5-28-20-38(28,49(4,44)45)21-33(41)32-18-29-22-40(32)37(43)31(25-11-7-6-8-12-25)19-35(42)47-23-24(2)10-9-13-27-16-30-26(17-34(27)46-3)14-15-39-36(30)48-29/h5,14-17,24-25,28-29,31-32H,1,6-13,18-23H2,2-4H3,(H,44,45)/t24-,28?,29+,31-,32-,38?/m0/s1. The van der Waals surface area contributed by atoms with E-state index in [1.54, 1.807) is 24.3 Å². The van der Waals surface area contributed by atoms with Crippen LogP contribution in [0.2, 0.25) is 0 Å². The first kappa shape index (κ1) is 35.6. The lowest BCUT2D eigenvalue weighted by atomic mass is 9.77. The van der Waals surface area contributed by atoms with Gasteiger partial charge in [-0.2, -0.15) is 0 Å².